The van der Waals surface area contributed by atoms with Crippen LogP contribution in [0.1, 0.15) is 50.3 Å². The number of unbranched alkanes of at least 4 members (excludes halogenated alkanes) is 1. The van der Waals surface area contributed by atoms with Crippen LogP contribution in [0.15, 0.2) is 140 Å². The molecule has 1 aromatic heterocycles. The van der Waals surface area contributed by atoms with Gasteiger partial charge in [-0.1, -0.05) is 142 Å². The van der Waals surface area contributed by atoms with E-state index in [-0.39, 0.29) is 5.41 Å². The molecule has 1 heteroatoms. The van der Waals surface area contributed by atoms with E-state index in [1.165, 1.54) is 115 Å². The normalized spacial score (nSPS) is 13.5. The van der Waals surface area contributed by atoms with Gasteiger partial charge in [0.1, 0.15) is 0 Å². The molecule has 0 atom stereocenters. The summed E-state index contributed by atoms with van der Waals surface area (Å²) in [6, 6.07) is 53.1. The summed E-state index contributed by atoms with van der Waals surface area (Å²) >= 11 is 1.88. The molecule has 8 aromatic carbocycles. The van der Waals surface area contributed by atoms with Gasteiger partial charge in [0.15, 0.2) is 0 Å². The van der Waals surface area contributed by atoms with Crippen LogP contribution in [0.3, 0.4) is 0 Å². The molecule has 9 aromatic rings. The van der Waals surface area contributed by atoms with Gasteiger partial charge in [-0.25, -0.2) is 0 Å². The average Bonchev–Trinajstić information content (AvgIpc) is 3.64. The first-order chi connectivity index (χ1) is 24.5. The number of benzene rings is 8. The Balaban J connectivity index is 1.19. The molecule has 0 bridgehead atoms. The van der Waals surface area contributed by atoms with E-state index in [1.54, 1.807) is 0 Å². The first-order valence-corrected chi connectivity index (χ1v) is 18.9. The van der Waals surface area contributed by atoms with E-state index in [0.717, 1.165) is 6.42 Å². The molecule has 0 amide bonds. The van der Waals surface area contributed by atoms with Crippen molar-refractivity contribution >= 4 is 63.8 Å². The number of hydrogen-bond donors (Lipinski definition) is 0. The maximum absolute atomic E-state index is 2.51. The molecule has 0 saturated heterocycles. The molecule has 0 radical (unpaired) electrons. The molecule has 50 heavy (non-hydrogen) atoms. The SMILES string of the molecule is CCCCc1ccc2ccc3c(c2c1)C(C)(C)c1cc(-c2c4ccccc4c(-c4ccc5sc6ccccc6c5c4)c4ccccc24)ccc1-3. The van der Waals surface area contributed by atoms with Crippen molar-refractivity contribution in [1.29, 1.82) is 0 Å². The summed E-state index contributed by atoms with van der Waals surface area (Å²) in [4.78, 5) is 0. The smallest absolute Gasteiger partial charge is 0.0355 e. The van der Waals surface area contributed by atoms with Crippen molar-refractivity contribution in [2.45, 2.75) is 45.4 Å². The predicted molar refractivity (Wildman–Crippen MR) is 219 cm³/mol. The molecule has 0 N–H and O–H groups in total. The Hall–Kier alpha value is -5.24. The van der Waals surface area contributed by atoms with Gasteiger partial charge >= 0.3 is 0 Å². The minimum atomic E-state index is -0.117. The minimum absolute atomic E-state index is 0.117. The Morgan fingerprint density at radius 2 is 1.08 bits per heavy atom. The van der Waals surface area contributed by atoms with Crippen molar-refractivity contribution in [2.24, 2.45) is 0 Å². The summed E-state index contributed by atoms with van der Waals surface area (Å²) in [5.41, 5.74) is 12.2. The van der Waals surface area contributed by atoms with Crippen LogP contribution in [0.2, 0.25) is 0 Å². The van der Waals surface area contributed by atoms with Gasteiger partial charge in [0, 0.05) is 25.6 Å². The van der Waals surface area contributed by atoms with Gasteiger partial charge < -0.3 is 0 Å². The zero-order chi connectivity index (χ0) is 33.6. The summed E-state index contributed by atoms with van der Waals surface area (Å²) in [6.45, 7) is 7.15. The number of thiophene rings is 1. The molecule has 0 fully saturated rings. The molecular weight excluding hydrogens is 621 g/mol. The van der Waals surface area contributed by atoms with E-state index >= 15 is 0 Å². The van der Waals surface area contributed by atoms with Gasteiger partial charge in [-0.15, -0.1) is 11.3 Å². The third-order valence-corrected chi connectivity index (χ3v) is 12.6. The molecule has 240 valence electrons. The molecule has 0 saturated carbocycles. The largest absolute Gasteiger partial charge is 0.135 e. The van der Waals surface area contributed by atoms with Gasteiger partial charge in [0.2, 0.25) is 0 Å². The Morgan fingerprint density at radius 1 is 0.500 bits per heavy atom. The fraction of sp³-hybridized carbons (Fsp3) is 0.143. The summed E-state index contributed by atoms with van der Waals surface area (Å²) in [5, 5.41) is 10.6. The fourth-order valence-electron chi connectivity index (χ4n) is 9.02. The molecule has 0 nitrogen and oxygen atoms in total. The van der Waals surface area contributed by atoms with Gasteiger partial charge in [-0.3, -0.25) is 0 Å². The van der Waals surface area contributed by atoms with E-state index in [2.05, 4.69) is 160 Å². The standard InChI is InChI=1S/C49H38S/c1-4-5-12-30-19-20-31-21-25-40-34-24-22-33(29-43(34)49(2,3)48(40)41(31)27-30)47-38-16-8-6-14-36(38)46(37-15-7-9-17-39(37)47)32-23-26-45-42(28-32)35-13-10-11-18-44(35)50-45/h6-11,13-29H,4-5,12H2,1-3H3. The highest BCUT2D eigenvalue weighted by molar-refractivity contribution is 7.25. The Morgan fingerprint density at radius 3 is 1.78 bits per heavy atom. The third-order valence-electron chi connectivity index (χ3n) is 11.4. The predicted octanol–water partition coefficient (Wildman–Crippen LogP) is 14.5. The molecule has 0 spiro atoms. The topological polar surface area (TPSA) is 0 Å². The number of rotatable bonds is 5. The first kappa shape index (κ1) is 29.7. The Labute approximate surface area is 297 Å². The number of hydrogen-bond acceptors (Lipinski definition) is 1. The van der Waals surface area contributed by atoms with Crippen LogP contribution < -0.4 is 0 Å². The van der Waals surface area contributed by atoms with Crippen molar-refractivity contribution in [2.75, 3.05) is 0 Å². The summed E-state index contributed by atoms with van der Waals surface area (Å²) in [6.07, 6.45) is 3.59. The van der Waals surface area contributed by atoms with E-state index in [4.69, 9.17) is 0 Å². The lowest BCUT2D eigenvalue weighted by Gasteiger charge is -2.24. The summed E-state index contributed by atoms with van der Waals surface area (Å²) in [7, 11) is 0. The molecule has 10 rings (SSSR count). The van der Waals surface area contributed by atoms with E-state index in [0.29, 0.717) is 0 Å². The Kier molecular flexibility index (Phi) is 6.61. The highest BCUT2D eigenvalue weighted by Gasteiger charge is 2.37. The van der Waals surface area contributed by atoms with E-state index in [9.17, 15) is 0 Å². The van der Waals surface area contributed by atoms with Crippen LogP contribution in [0.4, 0.5) is 0 Å². The monoisotopic (exact) mass is 658 g/mol. The van der Waals surface area contributed by atoms with Crippen LogP contribution in [-0.2, 0) is 11.8 Å². The molecule has 0 unspecified atom stereocenters. The number of aryl methyl sites for hydroxylation is 1. The lowest BCUT2D eigenvalue weighted by Crippen LogP contribution is -2.15. The summed E-state index contributed by atoms with van der Waals surface area (Å²) < 4.78 is 2.68. The van der Waals surface area contributed by atoms with Crippen LogP contribution in [-0.4, -0.2) is 0 Å². The van der Waals surface area contributed by atoms with Crippen LogP contribution in [0, 0.1) is 0 Å². The summed E-state index contributed by atoms with van der Waals surface area (Å²) in [5.74, 6) is 0. The quantitative estimate of drug-likeness (QED) is 0.161. The number of fused-ring (bicyclic) bond motifs is 10. The zero-order valence-electron chi connectivity index (χ0n) is 28.8. The molecular formula is C49H38S. The van der Waals surface area contributed by atoms with Crippen molar-refractivity contribution < 1.29 is 0 Å². The van der Waals surface area contributed by atoms with Crippen molar-refractivity contribution in [3.8, 4) is 33.4 Å². The van der Waals surface area contributed by atoms with E-state index in [1.807, 2.05) is 11.3 Å². The molecule has 0 aliphatic heterocycles. The maximum Gasteiger partial charge on any atom is 0.0355 e. The molecule has 1 aliphatic rings. The fourth-order valence-corrected chi connectivity index (χ4v) is 10.1. The maximum atomic E-state index is 2.51. The molecule has 1 aliphatic carbocycles. The van der Waals surface area contributed by atoms with Gasteiger partial charge in [0.05, 0.1) is 0 Å². The van der Waals surface area contributed by atoms with Crippen LogP contribution in [0.25, 0.3) is 85.9 Å². The van der Waals surface area contributed by atoms with Crippen molar-refractivity contribution in [3.05, 3.63) is 156 Å². The van der Waals surface area contributed by atoms with Gasteiger partial charge in [-0.05, 0) is 119 Å². The van der Waals surface area contributed by atoms with Crippen LogP contribution >= 0.6 is 11.3 Å². The second kappa shape index (κ2) is 11.1. The molecule has 1 heterocycles. The average molecular weight is 659 g/mol. The van der Waals surface area contributed by atoms with Crippen molar-refractivity contribution in [1.82, 2.24) is 0 Å². The third kappa shape index (κ3) is 4.30. The van der Waals surface area contributed by atoms with Gasteiger partial charge in [0.25, 0.3) is 0 Å². The second-order valence-electron chi connectivity index (χ2n) is 14.7. The first-order valence-electron chi connectivity index (χ1n) is 18.1. The highest BCUT2D eigenvalue weighted by atomic mass is 32.1. The van der Waals surface area contributed by atoms with E-state index < -0.39 is 0 Å². The lowest BCUT2D eigenvalue weighted by molar-refractivity contribution is 0.666. The minimum Gasteiger partial charge on any atom is -0.135 e. The van der Waals surface area contributed by atoms with Crippen LogP contribution in [0.5, 0.6) is 0 Å². The lowest BCUT2D eigenvalue weighted by atomic mass is 9.78. The zero-order valence-corrected chi connectivity index (χ0v) is 29.6. The van der Waals surface area contributed by atoms with Crippen molar-refractivity contribution in [3.63, 3.8) is 0 Å². The second-order valence-corrected chi connectivity index (χ2v) is 15.8. The van der Waals surface area contributed by atoms with Gasteiger partial charge in [-0.2, -0.15) is 0 Å². The Bertz CT molecular complexity index is 2770. The highest BCUT2D eigenvalue weighted by Crippen LogP contribution is 2.53.